The standard InChI is InChI=1S/C20H17NO3/c1-24-16-9-7-15(8-10-16)21-20(23)13-11-18-17-5-3-2-4-14(17)6-12-19(18)22/h2-13,22H,1H3,(H,21,23)/b13-11+. The minimum atomic E-state index is -0.271. The molecular formula is C20H17NO3. The van der Waals surface area contributed by atoms with Crippen molar-refractivity contribution in [1.82, 2.24) is 0 Å². The van der Waals surface area contributed by atoms with Crippen molar-refractivity contribution in [3.05, 3.63) is 72.3 Å². The molecule has 0 heterocycles. The van der Waals surface area contributed by atoms with Crippen LogP contribution >= 0.6 is 0 Å². The second kappa shape index (κ2) is 6.87. The maximum Gasteiger partial charge on any atom is 0.248 e. The highest BCUT2D eigenvalue weighted by Crippen LogP contribution is 2.28. The predicted octanol–water partition coefficient (Wildman–Crippen LogP) is 4.21. The smallest absolute Gasteiger partial charge is 0.248 e. The second-order valence-electron chi connectivity index (χ2n) is 5.27. The summed E-state index contributed by atoms with van der Waals surface area (Å²) >= 11 is 0. The molecule has 4 heteroatoms. The van der Waals surface area contributed by atoms with E-state index in [0.717, 1.165) is 16.5 Å². The van der Waals surface area contributed by atoms with E-state index < -0.39 is 0 Å². The van der Waals surface area contributed by atoms with Crippen molar-refractivity contribution in [3.8, 4) is 11.5 Å². The molecule has 0 saturated heterocycles. The highest BCUT2D eigenvalue weighted by atomic mass is 16.5. The predicted molar refractivity (Wildman–Crippen MR) is 96.3 cm³/mol. The average molecular weight is 319 g/mol. The molecule has 1 amide bonds. The van der Waals surface area contributed by atoms with Crippen molar-refractivity contribution in [1.29, 1.82) is 0 Å². The summed E-state index contributed by atoms with van der Waals surface area (Å²) in [6.45, 7) is 0. The molecule has 0 saturated carbocycles. The van der Waals surface area contributed by atoms with E-state index in [1.807, 2.05) is 30.3 Å². The molecule has 0 aliphatic carbocycles. The Morgan fingerprint density at radius 3 is 2.54 bits per heavy atom. The zero-order valence-electron chi connectivity index (χ0n) is 13.2. The summed E-state index contributed by atoms with van der Waals surface area (Å²) in [5.74, 6) is 0.596. The molecule has 0 radical (unpaired) electrons. The van der Waals surface area contributed by atoms with Gasteiger partial charge in [-0.05, 0) is 47.2 Å². The highest BCUT2D eigenvalue weighted by Gasteiger charge is 2.05. The topological polar surface area (TPSA) is 58.6 Å². The lowest BCUT2D eigenvalue weighted by Gasteiger charge is -2.06. The Hall–Kier alpha value is -3.27. The summed E-state index contributed by atoms with van der Waals surface area (Å²) in [5, 5.41) is 14.7. The van der Waals surface area contributed by atoms with Crippen LogP contribution in [0.15, 0.2) is 66.7 Å². The second-order valence-corrected chi connectivity index (χ2v) is 5.27. The molecule has 0 atom stereocenters. The molecule has 3 rings (SSSR count). The molecule has 0 unspecified atom stereocenters. The fourth-order valence-corrected chi connectivity index (χ4v) is 2.48. The van der Waals surface area contributed by atoms with E-state index in [-0.39, 0.29) is 11.7 Å². The van der Waals surface area contributed by atoms with E-state index in [2.05, 4.69) is 5.32 Å². The molecule has 0 aromatic heterocycles. The zero-order chi connectivity index (χ0) is 16.9. The minimum absolute atomic E-state index is 0.141. The maximum atomic E-state index is 12.1. The number of carbonyl (C=O) groups is 1. The van der Waals surface area contributed by atoms with Crippen LogP contribution in [0.5, 0.6) is 11.5 Å². The van der Waals surface area contributed by atoms with E-state index >= 15 is 0 Å². The molecule has 120 valence electrons. The van der Waals surface area contributed by atoms with Gasteiger partial charge < -0.3 is 15.2 Å². The molecule has 0 aliphatic rings. The van der Waals surface area contributed by atoms with E-state index in [9.17, 15) is 9.90 Å². The van der Waals surface area contributed by atoms with Crippen molar-refractivity contribution >= 4 is 28.4 Å². The van der Waals surface area contributed by atoms with Gasteiger partial charge in [0.05, 0.1) is 7.11 Å². The lowest BCUT2D eigenvalue weighted by atomic mass is 10.0. The summed E-state index contributed by atoms with van der Waals surface area (Å²) in [7, 11) is 1.59. The number of hydrogen-bond acceptors (Lipinski definition) is 3. The fourth-order valence-electron chi connectivity index (χ4n) is 2.48. The third-order valence-corrected chi connectivity index (χ3v) is 3.71. The Morgan fingerprint density at radius 1 is 1.04 bits per heavy atom. The number of anilines is 1. The number of rotatable bonds is 4. The van der Waals surface area contributed by atoms with E-state index in [1.54, 1.807) is 43.5 Å². The first-order valence-corrected chi connectivity index (χ1v) is 7.51. The third kappa shape index (κ3) is 3.38. The van der Waals surface area contributed by atoms with E-state index in [0.29, 0.717) is 11.3 Å². The van der Waals surface area contributed by atoms with Crippen LogP contribution in [0.25, 0.3) is 16.8 Å². The summed E-state index contributed by atoms with van der Waals surface area (Å²) in [5.41, 5.74) is 1.30. The van der Waals surface area contributed by atoms with E-state index in [4.69, 9.17) is 4.74 Å². The molecule has 0 aliphatic heterocycles. The van der Waals surface area contributed by atoms with Crippen LogP contribution in [0.1, 0.15) is 5.56 Å². The first-order chi connectivity index (χ1) is 11.7. The third-order valence-electron chi connectivity index (χ3n) is 3.71. The summed E-state index contributed by atoms with van der Waals surface area (Å²) in [6.07, 6.45) is 3.03. The quantitative estimate of drug-likeness (QED) is 0.708. The number of phenols is 1. The molecule has 3 aromatic carbocycles. The van der Waals surface area contributed by atoms with Gasteiger partial charge in [-0.15, -0.1) is 0 Å². The summed E-state index contributed by atoms with van der Waals surface area (Å²) in [4.78, 5) is 12.1. The Labute approximate surface area is 140 Å². The van der Waals surface area contributed by atoms with Gasteiger partial charge in [0.25, 0.3) is 0 Å². The van der Waals surface area contributed by atoms with Crippen molar-refractivity contribution < 1.29 is 14.6 Å². The SMILES string of the molecule is COc1ccc(NC(=O)/C=C/c2c(O)ccc3ccccc23)cc1. The Bertz CT molecular complexity index is 898. The van der Waals surface area contributed by atoms with Crippen LogP contribution in [0.2, 0.25) is 0 Å². The van der Waals surface area contributed by atoms with Crippen LogP contribution in [-0.2, 0) is 4.79 Å². The summed E-state index contributed by atoms with van der Waals surface area (Å²) in [6, 6.07) is 18.3. The molecule has 3 aromatic rings. The molecule has 4 nitrogen and oxygen atoms in total. The molecular weight excluding hydrogens is 302 g/mol. The van der Waals surface area contributed by atoms with Crippen molar-refractivity contribution in [2.45, 2.75) is 0 Å². The highest BCUT2D eigenvalue weighted by molar-refractivity contribution is 6.04. The van der Waals surface area contributed by atoms with Gasteiger partial charge in [-0.1, -0.05) is 30.3 Å². The number of hydrogen-bond donors (Lipinski definition) is 2. The van der Waals surface area contributed by atoms with Crippen molar-refractivity contribution in [2.75, 3.05) is 12.4 Å². The Morgan fingerprint density at radius 2 is 1.79 bits per heavy atom. The van der Waals surface area contributed by atoms with Gasteiger partial charge in [0.1, 0.15) is 11.5 Å². The Balaban J connectivity index is 1.80. The first kappa shape index (κ1) is 15.6. The lowest BCUT2D eigenvalue weighted by Crippen LogP contribution is -2.07. The molecule has 0 fully saturated rings. The van der Waals surface area contributed by atoms with Crippen molar-refractivity contribution in [3.63, 3.8) is 0 Å². The van der Waals surface area contributed by atoms with Crippen LogP contribution in [0, 0.1) is 0 Å². The number of phenolic OH excluding ortho intramolecular Hbond substituents is 1. The van der Waals surface area contributed by atoms with Gasteiger partial charge in [0.2, 0.25) is 5.91 Å². The largest absolute Gasteiger partial charge is 0.507 e. The number of carbonyl (C=O) groups excluding carboxylic acids is 1. The van der Waals surface area contributed by atoms with Gasteiger partial charge in [-0.2, -0.15) is 0 Å². The zero-order valence-corrected chi connectivity index (χ0v) is 13.2. The number of fused-ring (bicyclic) bond motifs is 1. The maximum absolute atomic E-state index is 12.1. The molecule has 24 heavy (non-hydrogen) atoms. The first-order valence-electron chi connectivity index (χ1n) is 7.51. The van der Waals surface area contributed by atoms with Crippen LogP contribution in [-0.4, -0.2) is 18.1 Å². The average Bonchev–Trinajstić information content (AvgIpc) is 2.61. The number of ether oxygens (including phenoxy) is 1. The van der Waals surface area contributed by atoms with E-state index in [1.165, 1.54) is 6.08 Å². The minimum Gasteiger partial charge on any atom is -0.507 e. The van der Waals surface area contributed by atoms with Gasteiger partial charge in [0.15, 0.2) is 0 Å². The van der Waals surface area contributed by atoms with Gasteiger partial charge in [0, 0.05) is 17.3 Å². The monoisotopic (exact) mass is 319 g/mol. The molecule has 2 N–H and O–H groups in total. The van der Waals surface area contributed by atoms with Gasteiger partial charge >= 0.3 is 0 Å². The normalized spacial score (nSPS) is 10.9. The molecule has 0 bridgehead atoms. The molecule has 0 spiro atoms. The fraction of sp³-hybridized carbons (Fsp3) is 0.0500. The number of benzene rings is 3. The Kier molecular flexibility index (Phi) is 4.47. The summed E-state index contributed by atoms with van der Waals surface area (Å²) < 4.78 is 5.08. The number of aromatic hydroxyl groups is 1. The van der Waals surface area contributed by atoms with Crippen LogP contribution < -0.4 is 10.1 Å². The van der Waals surface area contributed by atoms with Crippen LogP contribution in [0.4, 0.5) is 5.69 Å². The van der Waals surface area contributed by atoms with Gasteiger partial charge in [-0.25, -0.2) is 0 Å². The number of methoxy groups -OCH3 is 1. The van der Waals surface area contributed by atoms with Gasteiger partial charge in [-0.3, -0.25) is 4.79 Å². The number of nitrogens with one attached hydrogen (secondary N) is 1. The lowest BCUT2D eigenvalue weighted by molar-refractivity contribution is -0.111. The van der Waals surface area contributed by atoms with Crippen molar-refractivity contribution in [2.24, 2.45) is 0 Å². The van der Waals surface area contributed by atoms with Crippen LogP contribution in [0.3, 0.4) is 0 Å². The number of amides is 1.